The topological polar surface area (TPSA) is 90.2 Å². The average molecular weight is 770 g/mol. The van der Waals surface area contributed by atoms with Gasteiger partial charge < -0.3 is 0 Å². The summed E-state index contributed by atoms with van der Waals surface area (Å²) in [5, 5.41) is 0. The molecule has 3 heterocycles. The van der Waals surface area contributed by atoms with E-state index in [1.807, 2.05) is 134 Å². The first-order valence-corrected chi connectivity index (χ1v) is 19.7. The Morgan fingerprint density at radius 2 is 0.567 bits per heavy atom. The van der Waals surface area contributed by atoms with E-state index in [1.54, 1.807) is 6.20 Å². The molecule has 0 radical (unpaired) electrons. The molecule has 0 atom stereocenters. The Kier molecular flexibility index (Phi) is 9.79. The Labute approximate surface area is 347 Å². The SMILES string of the molecule is c1ccc(-c2nc(-c3ccccc3)nc(-c3cccc(-c4ccc(-c5cccnc5)cc4-c4cccc(-c5nc(-c6ccccc6)nc(-c6ccccc6)n5)c4)c3)n2)cc1. The van der Waals surface area contributed by atoms with E-state index in [0.717, 1.165) is 66.8 Å². The lowest BCUT2D eigenvalue weighted by atomic mass is 9.90. The van der Waals surface area contributed by atoms with Gasteiger partial charge in [-0.1, -0.05) is 176 Å². The van der Waals surface area contributed by atoms with Crippen molar-refractivity contribution < 1.29 is 0 Å². The summed E-state index contributed by atoms with van der Waals surface area (Å²) in [5.74, 6) is 3.66. The third-order valence-electron chi connectivity index (χ3n) is 10.3. The molecule has 3 aromatic heterocycles. The Balaban J connectivity index is 1.11. The van der Waals surface area contributed by atoms with Crippen LogP contribution < -0.4 is 0 Å². The van der Waals surface area contributed by atoms with Crippen LogP contribution in [0.2, 0.25) is 0 Å². The highest BCUT2D eigenvalue weighted by Crippen LogP contribution is 2.39. The molecule has 7 heteroatoms. The molecule has 7 nitrogen and oxygen atoms in total. The smallest absolute Gasteiger partial charge is 0.164 e. The first-order chi connectivity index (χ1) is 29.7. The van der Waals surface area contributed by atoms with Gasteiger partial charge in [0.15, 0.2) is 34.9 Å². The summed E-state index contributed by atoms with van der Waals surface area (Å²) in [7, 11) is 0. The van der Waals surface area contributed by atoms with Gasteiger partial charge in [0.2, 0.25) is 0 Å². The third kappa shape index (κ3) is 7.58. The second-order valence-electron chi connectivity index (χ2n) is 14.2. The predicted octanol–water partition coefficient (Wildman–Crippen LogP) is 12.5. The zero-order valence-corrected chi connectivity index (χ0v) is 32.3. The van der Waals surface area contributed by atoms with E-state index in [1.165, 1.54) is 0 Å². The first kappa shape index (κ1) is 36.1. The number of pyridine rings is 1. The third-order valence-corrected chi connectivity index (χ3v) is 10.3. The van der Waals surface area contributed by atoms with Gasteiger partial charge in [0, 0.05) is 51.3 Å². The monoisotopic (exact) mass is 769 g/mol. The zero-order valence-electron chi connectivity index (χ0n) is 32.3. The second kappa shape index (κ2) is 16.3. The van der Waals surface area contributed by atoms with Crippen LogP contribution in [0.3, 0.4) is 0 Å². The number of benzene rings is 7. The Bertz CT molecular complexity index is 2950. The number of rotatable bonds is 9. The summed E-state index contributed by atoms with van der Waals surface area (Å²) in [5.41, 5.74) is 11.7. The van der Waals surface area contributed by atoms with Gasteiger partial charge in [-0.2, -0.15) is 0 Å². The van der Waals surface area contributed by atoms with Crippen LogP contribution in [-0.2, 0) is 0 Å². The number of hydrogen-bond donors (Lipinski definition) is 0. The quantitative estimate of drug-likeness (QED) is 0.144. The van der Waals surface area contributed by atoms with Crippen molar-refractivity contribution in [2.45, 2.75) is 0 Å². The van der Waals surface area contributed by atoms with Gasteiger partial charge >= 0.3 is 0 Å². The van der Waals surface area contributed by atoms with Gasteiger partial charge in [-0.05, 0) is 52.1 Å². The molecule has 0 unspecified atom stereocenters. The van der Waals surface area contributed by atoms with E-state index < -0.39 is 0 Å². The van der Waals surface area contributed by atoms with Crippen molar-refractivity contribution in [1.29, 1.82) is 0 Å². The fraction of sp³-hybridized carbons (Fsp3) is 0. The summed E-state index contributed by atoms with van der Waals surface area (Å²) >= 11 is 0. The van der Waals surface area contributed by atoms with Crippen molar-refractivity contribution in [1.82, 2.24) is 34.9 Å². The van der Waals surface area contributed by atoms with Crippen LogP contribution in [0.15, 0.2) is 213 Å². The number of nitrogens with zero attached hydrogens (tertiary/aromatic N) is 7. The molecule has 0 aliphatic carbocycles. The Morgan fingerprint density at radius 3 is 0.967 bits per heavy atom. The van der Waals surface area contributed by atoms with Gasteiger partial charge in [0.1, 0.15) is 0 Å². The molecule has 282 valence electrons. The molecule has 0 N–H and O–H groups in total. The fourth-order valence-electron chi connectivity index (χ4n) is 7.27. The molecule has 10 rings (SSSR count). The molecule has 0 saturated carbocycles. The molecule has 0 saturated heterocycles. The number of aromatic nitrogens is 7. The fourth-order valence-corrected chi connectivity index (χ4v) is 7.27. The minimum atomic E-state index is 0.592. The van der Waals surface area contributed by atoms with Crippen molar-refractivity contribution >= 4 is 0 Å². The van der Waals surface area contributed by atoms with Crippen LogP contribution in [0.1, 0.15) is 0 Å². The summed E-state index contributed by atoms with van der Waals surface area (Å²) in [6.07, 6.45) is 3.69. The molecule has 60 heavy (non-hydrogen) atoms. The van der Waals surface area contributed by atoms with Crippen molar-refractivity contribution in [2.24, 2.45) is 0 Å². The minimum absolute atomic E-state index is 0.592. The molecular formula is C53H35N7. The maximum absolute atomic E-state index is 5.03. The zero-order chi connectivity index (χ0) is 40.1. The first-order valence-electron chi connectivity index (χ1n) is 19.7. The van der Waals surface area contributed by atoms with Gasteiger partial charge in [-0.25, -0.2) is 29.9 Å². The molecule has 0 aliphatic heterocycles. The lowest BCUT2D eigenvalue weighted by Crippen LogP contribution is -2.00. The van der Waals surface area contributed by atoms with Gasteiger partial charge in [0.05, 0.1) is 0 Å². The van der Waals surface area contributed by atoms with Crippen LogP contribution in [0.5, 0.6) is 0 Å². The molecule has 0 spiro atoms. The van der Waals surface area contributed by atoms with E-state index in [4.69, 9.17) is 29.9 Å². The lowest BCUT2D eigenvalue weighted by molar-refractivity contribution is 1.07. The Hall–Kier alpha value is -8.29. The minimum Gasteiger partial charge on any atom is -0.264 e. The maximum atomic E-state index is 5.03. The highest BCUT2D eigenvalue weighted by Gasteiger charge is 2.17. The van der Waals surface area contributed by atoms with E-state index in [0.29, 0.717) is 34.9 Å². The van der Waals surface area contributed by atoms with Crippen LogP contribution in [-0.4, -0.2) is 34.9 Å². The van der Waals surface area contributed by atoms with Crippen LogP contribution in [0.4, 0.5) is 0 Å². The van der Waals surface area contributed by atoms with Crippen LogP contribution >= 0.6 is 0 Å². The largest absolute Gasteiger partial charge is 0.264 e. The molecule has 10 aromatic rings. The average Bonchev–Trinajstić information content (AvgIpc) is 3.35. The highest BCUT2D eigenvalue weighted by molar-refractivity contribution is 5.89. The molecule has 7 aromatic carbocycles. The van der Waals surface area contributed by atoms with E-state index in [2.05, 4.69) is 77.8 Å². The lowest BCUT2D eigenvalue weighted by Gasteiger charge is -2.15. The van der Waals surface area contributed by atoms with E-state index >= 15 is 0 Å². The number of hydrogen-bond acceptors (Lipinski definition) is 7. The summed E-state index contributed by atoms with van der Waals surface area (Å²) in [6.45, 7) is 0. The molecule has 0 amide bonds. The van der Waals surface area contributed by atoms with E-state index in [-0.39, 0.29) is 0 Å². The van der Waals surface area contributed by atoms with Gasteiger partial charge in [-0.15, -0.1) is 0 Å². The second-order valence-corrected chi connectivity index (χ2v) is 14.2. The molecule has 0 fully saturated rings. The summed E-state index contributed by atoms with van der Waals surface area (Å²) in [4.78, 5) is 34.4. The predicted molar refractivity (Wildman–Crippen MR) is 240 cm³/mol. The molecular weight excluding hydrogens is 735 g/mol. The Morgan fingerprint density at radius 1 is 0.217 bits per heavy atom. The molecule has 0 aliphatic rings. The van der Waals surface area contributed by atoms with Gasteiger partial charge in [-0.3, -0.25) is 4.98 Å². The highest BCUT2D eigenvalue weighted by atomic mass is 15.0. The van der Waals surface area contributed by atoms with Crippen LogP contribution in [0.25, 0.3) is 102 Å². The van der Waals surface area contributed by atoms with Crippen LogP contribution in [0, 0.1) is 0 Å². The normalized spacial score (nSPS) is 11.0. The van der Waals surface area contributed by atoms with Gasteiger partial charge in [0.25, 0.3) is 0 Å². The summed E-state index contributed by atoms with van der Waals surface area (Å²) in [6, 6.07) is 67.6. The van der Waals surface area contributed by atoms with Crippen molar-refractivity contribution in [3.8, 4) is 102 Å². The maximum Gasteiger partial charge on any atom is 0.164 e. The molecule has 0 bridgehead atoms. The van der Waals surface area contributed by atoms with Crippen molar-refractivity contribution in [3.05, 3.63) is 213 Å². The van der Waals surface area contributed by atoms with Crippen molar-refractivity contribution in [2.75, 3.05) is 0 Å². The standard InChI is InChI=1S/C53H35N7/c1-5-16-36(17-6-1)48-55-49(37-18-7-2-8-19-37)58-52(57-48)43-26-13-24-41(32-43)46-30-29-40(45-28-15-31-54-35-45)34-47(46)42-25-14-27-44(33-42)53-59-50(38-20-9-3-10-21-38)56-51(60-53)39-22-11-4-12-23-39/h1-35H. The summed E-state index contributed by atoms with van der Waals surface area (Å²) < 4.78 is 0. The van der Waals surface area contributed by atoms with E-state index in [9.17, 15) is 0 Å². The van der Waals surface area contributed by atoms with Crippen molar-refractivity contribution in [3.63, 3.8) is 0 Å².